The van der Waals surface area contributed by atoms with Crippen LogP contribution in [0.25, 0.3) is 0 Å². The number of amides is 1. The Morgan fingerprint density at radius 2 is 2.32 bits per heavy atom. The number of hydrogen-bond acceptors (Lipinski definition) is 3. The average molecular weight is 264 g/mol. The average Bonchev–Trinajstić information content (AvgIpc) is 2.98. The molecule has 2 atom stereocenters. The summed E-state index contributed by atoms with van der Waals surface area (Å²) in [5, 5.41) is 10.6. The van der Waals surface area contributed by atoms with Crippen LogP contribution in [0.2, 0.25) is 0 Å². The standard InChI is InChI=1S/C14H24N4O/c1-11(2)14(5-7-15-10-14)13(19)17-12(3)9-18-8-4-6-16-18/h4,6,8,11-12,15H,5,7,9-10H2,1-3H3,(H,17,19). The lowest BCUT2D eigenvalue weighted by Crippen LogP contribution is -2.49. The fourth-order valence-corrected chi connectivity index (χ4v) is 2.76. The van der Waals surface area contributed by atoms with Gasteiger partial charge in [0.15, 0.2) is 0 Å². The van der Waals surface area contributed by atoms with E-state index in [1.165, 1.54) is 0 Å². The molecule has 106 valence electrons. The molecule has 1 fully saturated rings. The van der Waals surface area contributed by atoms with Gasteiger partial charge in [0.05, 0.1) is 12.0 Å². The highest BCUT2D eigenvalue weighted by molar-refractivity contribution is 5.83. The molecule has 2 N–H and O–H groups in total. The molecule has 2 rings (SSSR count). The first kappa shape index (κ1) is 14.1. The zero-order valence-electron chi connectivity index (χ0n) is 12.0. The van der Waals surface area contributed by atoms with E-state index in [1.54, 1.807) is 6.20 Å². The summed E-state index contributed by atoms with van der Waals surface area (Å²) in [6, 6.07) is 1.98. The summed E-state index contributed by atoms with van der Waals surface area (Å²) in [6.45, 7) is 8.70. The molecule has 0 spiro atoms. The lowest BCUT2D eigenvalue weighted by Gasteiger charge is -2.32. The minimum absolute atomic E-state index is 0.0867. The van der Waals surface area contributed by atoms with Gasteiger partial charge in [-0.15, -0.1) is 0 Å². The first-order valence-electron chi connectivity index (χ1n) is 7.04. The van der Waals surface area contributed by atoms with E-state index in [4.69, 9.17) is 0 Å². The van der Waals surface area contributed by atoms with Crippen LogP contribution in [-0.2, 0) is 11.3 Å². The summed E-state index contributed by atoms with van der Waals surface area (Å²) in [6.07, 6.45) is 4.59. The van der Waals surface area contributed by atoms with Crippen LogP contribution >= 0.6 is 0 Å². The van der Waals surface area contributed by atoms with Crippen molar-refractivity contribution in [3.63, 3.8) is 0 Å². The zero-order valence-corrected chi connectivity index (χ0v) is 12.0. The van der Waals surface area contributed by atoms with E-state index in [1.807, 2.05) is 23.9 Å². The predicted molar refractivity (Wildman–Crippen MR) is 74.6 cm³/mol. The molecule has 0 radical (unpaired) electrons. The van der Waals surface area contributed by atoms with Crippen LogP contribution in [0.3, 0.4) is 0 Å². The molecule has 2 heterocycles. The van der Waals surface area contributed by atoms with Crippen molar-refractivity contribution in [1.29, 1.82) is 0 Å². The van der Waals surface area contributed by atoms with Crippen molar-refractivity contribution in [1.82, 2.24) is 20.4 Å². The van der Waals surface area contributed by atoms with Crippen molar-refractivity contribution in [3.05, 3.63) is 18.5 Å². The van der Waals surface area contributed by atoms with Gasteiger partial charge in [0.1, 0.15) is 0 Å². The van der Waals surface area contributed by atoms with Crippen LogP contribution < -0.4 is 10.6 Å². The Morgan fingerprint density at radius 3 is 2.84 bits per heavy atom. The van der Waals surface area contributed by atoms with Gasteiger partial charge in [0.2, 0.25) is 5.91 Å². The van der Waals surface area contributed by atoms with Gasteiger partial charge in [0, 0.05) is 25.0 Å². The van der Waals surface area contributed by atoms with E-state index >= 15 is 0 Å². The van der Waals surface area contributed by atoms with Gasteiger partial charge in [-0.25, -0.2) is 0 Å². The molecular formula is C14H24N4O. The van der Waals surface area contributed by atoms with Crippen molar-refractivity contribution in [2.24, 2.45) is 11.3 Å². The summed E-state index contributed by atoms with van der Waals surface area (Å²) in [7, 11) is 0. The second-order valence-corrected chi connectivity index (χ2v) is 5.84. The van der Waals surface area contributed by atoms with Crippen molar-refractivity contribution < 1.29 is 4.79 Å². The monoisotopic (exact) mass is 264 g/mol. The van der Waals surface area contributed by atoms with Crippen LogP contribution in [0.1, 0.15) is 27.2 Å². The van der Waals surface area contributed by atoms with Crippen molar-refractivity contribution in [2.75, 3.05) is 13.1 Å². The van der Waals surface area contributed by atoms with Gasteiger partial charge in [-0.3, -0.25) is 9.48 Å². The van der Waals surface area contributed by atoms with Crippen molar-refractivity contribution in [2.45, 2.75) is 39.8 Å². The maximum absolute atomic E-state index is 12.6. The second-order valence-electron chi connectivity index (χ2n) is 5.84. The normalized spacial score (nSPS) is 24.6. The van der Waals surface area contributed by atoms with Crippen LogP contribution in [0.4, 0.5) is 0 Å². The zero-order chi connectivity index (χ0) is 13.9. The molecule has 2 unspecified atom stereocenters. The first-order valence-corrected chi connectivity index (χ1v) is 7.04. The Bertz CT molecular complexity index is 407. The third-order valence-electron chi connectivity index (χ3n) is 4.14. The van der Waals surface area contributed by atoms with E-state index in [2.05, 4.69) is 29.6 Å². The molecule has 0 aromatic carbocycles. The molecule has 19 heavy (non-hydrogen) atoms. The fraction of sp³-hybridized carbons (Fsp3) is 0.714. The second kappa shape index (κ2) is 5.74. The highest BCUT2D eigenvalue weighted by Gasteiger charge is 2.44. The molecule has 5 heteroatoms. The molecule has 0 saturated carbocycles. The predicted octanol–water partition coefficient (Wildman–Crippen LogP) is 1.02. The smallest absolute Gasteiger partial charge is 0.228 e. The highest BCUT2D eigenvalue weighted by Crippen LogP contribution is 2.34. The fourth-order valence-electron chi connectivity index (χ4n) is 2.76. The summed E-state index contributed by atoms with van der Waals surface area (Å²) >= 11 is 0. The van der Waals surface area contributed by atoms with Crippen LogP contribution in [-0.4, -0.2) is 34.8 Å². The quantitative estimate of drug-likeness (QED) is 0.835. The van der Waals surface area contributed by atoms with E-state index in [-0.39, 0.29) is 17.4 Å². The molecule has 1 saturated heterocycles. The van der Waals surface area contributed by atoms with E-state index in [0.717, 1.165) is 19.5 Å². The molecular weight excluding hydrogens is 240 g/mol. The molecule has 1 amide bonds. The molecule has 0 bridgehead atoms. The topological polar surface area (TPSA) is 59.0 Å². The lowest BCUT2D eigenvalue weighted by atomic mass is 9.75. The Labute approximate surface area is 114 Å². The first-order chi connectivity index (χ1) is 9.04. The summed E-state index contributed by atoms with van der Waals surface area (Å²) in [4.78, 5) is 12.6. The van der Waals surface area contributed by atoms with Crippen LogP contribution in [0, 0.1) is 11.3 Å². The Balaban J connectivity index is 1.95. The number of nitrogens with zero attached hydrogens (tertiary/aromatic N) is 2. The van der Waals surface area contributed by atoms with E-state index < -0.39 is 0 Å². The molecule has 1 aromatic heterocycles. The van der Waals surface area contributed by atoms with Gasteiger partial charge in [-0.05, 0) is 31.9 Å². The van der Waals surface area contributed by atoms with Crippen LogP contribution in [0.5, 0.6) is 0 Å². The molecule has 5 nitrogen and oxygen atoms in total. The number of rotatable bonds is 5. The summed E-state index contributed by atoms with van der Waals surface area (Å²) in [5.41, 5.74) is -0.252. The Hall–Kier alpha value is -1.36. The lowest BCUT2D eigenvalue weighted by molar-refractivity contribution is -0.133. The molecule has 1 aliphatic heterocycles. The summed E-state index contributed by atoms with van der Waals surface area (Å²) < 4.78 is 1.85. The van der Waals surface area contributed by atoms with Gasteiger partial charge in [-0.1, -0.05) is 13.8 Å². The van der Waals surface area contributed by atoms with Gasteiger partial charge in [0.25, 0.3) is 0 Å². The Kier molecular flexibility index (Phi) is 4.24. The summed E-state index contributed by atoms with van der Waals surface area (Å²) in [5.74, 6) is 0.520. The minimum atomic E-state index is -0.252. The van der Waals surface area contributed by atoms with E-state index in [9.17, 15) is 4.79 Å². The van der Waals surface area contributed by atoms with Gasteiger partial charge in [-0.2, -0.15) is 5.10 Å². The number of nitrogens with one attached hydrogen (secondary N) is 2. The largest absolute Gasteiger partial charge is 0.351 e. The molecule has 0 aliphatic carbocycles. The number of carbonyl (C=O) groups is 1. The number of hydrogen-bond donors (Lipinski definition) is 2. The highest BCUT2D eigenvalue weighted by atomic mass is 16.2. The van der Waals surface area contributed by atoms with Crippen LogP contribution in [0.15, 0.2) is 18.5 Å². The number of carbonyl (C=O) groups excluding carboxylic acids is 1. The minimum Gasteiger partial charge on any atom is -0.351 e. The molecule has 1 aromatic rings. The van der Waals surface area contributed by atoms with Gasteiger partial charge < -0.3 is 10.6 Å². The molecule has 1 aliphatic rings. The maximum atomic E-state index is 12.6. The third kappa shape index (κ3) is 2.97. The van der Waals surface area contributed by atoms with Gasteiger partial charge >= 0.3 is 0 Å². The van der Waals surface area contributed by atoms with Crippen molar-refractivity contribution >= 4 is 5.91 Å². The SMILES string of the molecule is CC(Cn1cccn1)NC(=O)C1(C(C)C)CCNC1. The Morgan fingerprint density at radius 1 is 1.53 bits per heavy atom. The number of aromatic nitrogens is 2. The van der Waals surface area contributed by atoms with E-state index in [0.29, 0.717) is 12.5 Å². The van der Waals surface area contributed by atoms with Crippen molar-refractivity contribution in [3.8, 4) is 0 Å². The maximum Gasteiger partial charge on any atom is 0.228 e. The third-order valence-corrected chi connectivity index (χ3v) is 4.14.